The Morgan fingerprint density at radius 2 is 2.10 bits per heavy atom. The molecule has 1 unspecified atom stereocenters. The average molecular weight is 304 g/mol. The first-order valence-corrected chi connectivity index (χ1v) is 7.41. The number of nitrogens with two attached hydrogens (primary N) is 1. The maximum absolute atomic E-state index is 6.42. The molecule has 1 aliphatic rings. The third-order valence-electron chi connectivity index (χ3n) is 3.82. The summed E-state index contributed by atoms with van der Waals surface area (Å²) in [5, 5.41) is 0.655. The highest BCUT2D eigenvalue weighted by molar-refractivity contribution is 6.30. The Kier molecular flexibility index (Phi) is 4.04. The van der Waals surface area contributed by atoms with Crippen molar-refractivity contribution < 1.29 is 9.47 Å². The van der Waals surface area contributed by atoms with Gasteiger partial charge in [0.05, 0.1) is 19.8 Å². The van der Waals surface area contributed by atoms with Gasteiger partial charge in [-0.1, -0.05) is 23.7 Å². The van der Waals surface area contributed by atoms with Crippen LogP contribution in [0.15, 0.2) is 36.4 Å². The van der Waals surface area contributed by atoms with E-state index in [1.54, 1.807) is 13.2 Å². The van der Waals surface area contributed by atoms with Crippen molar-refractivity contribution in [3.05, 3.63) is 58.1 Å². The van der Waals surface area contributed by atoms with Crippen molar-refractivity contribution in [3.63, 3.8) is 0 Å². The fraction of sp³-hybridized carbons (Fsp3) is 0.294. The van der Waals surface area contributed by atoms with Gasteiger partial charge < -0.3 is 15.2 Å². The molecule has 0 saturated carbocycles. The number of ether oxygens (including phenoxy) is 2. The number of hydrogen-bond acceptors (Lipinski definition) is 3. The van der Waals surface area contributed by atoms with Gasteiger partial charge in [0.15, 0.2) is 0 Å². The highest BCUT2D eigenvalue weighted by Gasteiger charge is 2.17. The topological polar surface area (TPSA) is 44.5 Å². The maximum atomic E-state index is 6.42. The molecule has 1 heterocycles. The van der Waals surface area contributed by atoms with Crippen LogP contribution in [0.1, 0.15) is 29.2 Å². The number of methoxy groups -OCH3 is 1. The van der Waals surface area contributed by atoms with E-state index in [0.717, 1.165) is 42.1 Å². The summed E-state index contributed by atoms with van der Waals surface area (Å²) >= 11 is 6.09. The first-order valence-electron chi connectivity index (χ1n) is 7.03. The van der Waals surface area contributed by atoms with E-state index in [0.29, 0.717) is 5.02 Å². The summed E-state index contributed by atoms with van der Waals surface area (Å²) in [5.41, 5.74) is 9.56. The Hall–Kier alpha value is -1.71. The molecule has 0 radical (unpaired) electrons. The first kappa shape index (κ1) is 14.2. The molecule has 0 amide bonds. The zero-order valence-corrected chi connectivity index (χ0v) is 12.7. The van der Waals surface area contributed by atoms with Crippen LogP contribution >= 0.6 is 11.6 Å². The van der Waals surface area contributed by atoms with Crippen molar-refractivity contribution in [3.8, 4) is 11.5 Å². The van der Waals surface area contributed by atoms with Gasteiger partial charge in [0.2, 0.25) is 0 Å². The van der Waals surface area contributed by atoms with Gasteiger partial charge in [-0.25, -0.2) is 0 Å². The quantitative estimate of drug-likeness (QED) is 0.940. The second kappa shape index (κ2) is 5.96. The molecule has 2 N–H and O–H groups in total. The molecule has 4 heteroatoms. The smallest absolute Gasteiger partial charge is 0.124 e. The van der Waals surface area contributed by atoms with E-state index in [9.17, 15) is 0 Å². The molecule has 3 rings (SSSR count). The summed E-state index contributed by atoms with van der Waals surface area (Å²) in [5.74, 6) is 1.72. The predicted octanol–water partition coefficient (Wildman–Crippen LogP) is 3.72. The lowest BCUT2D eigenvalue weighted by Crippen LogP contribution is -2.15. The van der Waals surface area contributed by atoms with Crippen LogP contribution in [0.2, 0.25) is 5.02 Å². The number of benzene rings is 2. The van der Waals surface area contributed by atoms with Gasteiger partial charge >= 0.3 is 0 Å². The van der Waals surface area contributed by atoms with Crippen LogP contribution in [0.4, 0.5) is 0 Å². The SMILES string of the molecule is COc1ccc(Cl)cc1C(N)c1ccc2c(c1)CCCO2. The zero-order valence-electron chi connectivity index (χ0n) is 11.9. The molecule has 1 aliphatic heterocycles. The standard InChI is InChI=1S/C17H18ClNO2/c1-20-16-7-5-13(18)10-14(16)17(19)12-4-6-15-11(9-12)3-2-8-21-15/h4-7,9-10,17H,2-3,8,19H2,1H3. The highest BCUT2D eigenvalue weighted by Crippen LogP contribution is 2.33. The maximum Gasteiger partial charge on any atom is 0.124 e. The largest absolute Gasteiger partial charge is 0.496 e. The van der Waals surface area contributed by atoms with E-state index in [1.807, 2.05) is 24.3 Å². The number of aryl methyl sites for hydroxylation is 1. The van der Waals surface area contributed by atoms with Crippen molar-refractivity contribution in [1.82, 2.24) is 0 Å². The van der Waals surface area contributed by atoms with Gasteiger partial charge in [-0.2, -0.15) is 0 Å². The molecule has 0 bridgehead atoms. The van der Waals surface area contributed by atoms with E-state index in [-0.39, 0.29) is 6.04 Å². The van der Waals surface area contributed by atoms with Gasteiger partial charge in [0.1, 0.15) is 11.5 Å². The molecule has 21 heavy (non-hydrogen) atoms. The molecule has 1 atom stereocenters. The second-order valence-corrected chi connectivity index (χ2v) is 5.62. The lowest BCUT2D eigenvalue weighted by Gasteiger charge is -2.21. The molecule has 2 aromatic carbocycles. The Morgan fingerprint density at radius 1 is 1.24 bits per heavy atom. The molecule has 0 saturated heterocycles. The molecule has 110 valence electrons. The van der Waals surface area contributed by atoms with Gasteiger partial charge in [-0.05, 0) is 48.2 Å². The lowest BCUT2D eigenvalue weighted by atomic mass is 9.95. The molecule has 0 aromatic heterocycles. The van der Waals surface area contributed by atoms with Crippen LogP contribution in [-0.2, 0) is 6.42 Å². The summed E-state index contributed by atoms with van der Waals surface area (Å²) < 4.78 is 11.0. The minimum atomic E-state index is -0.272. The first-order chi connectivity index (χ1) is 10.2. The van der Waals surface area contributed by atoms with Crippen LogP contribution < -0.4 is 15.2 Å². The molecule has 0 spiro atoms. The summed E-state index contributed by atoms with van der Waals surface area (Å²) in [6.07, 6.45) is 2.08. The van der Waals surface area contributed by atoms with Gasteiger partial charge in [0, 0.05) is 10.6 Å². The summed E-state index contributed by atoms with van der Waals surface area (Å²) in [7, 11) is 1.64. The number of halogens is 1. The predicted molar refractivity (Wildman–Crippen MR) is 84.3 cm³/mol. The van der Waals surface area contributed by atoms with E-state index in [2.05, 4.69) is 6.07 Å². The van der Waals surface area contributed by atoms with Gasteiger partial charge in [-0.3, -0.25) is 0 Å². The minimum absolute atomic E-state index is 0.272. The zero-order chi connectivity index (χ0) is 14.8. The molecule has 2 aromatic rings. The number of hydrogen-bond donors (Lipinski definition) is 1. The fourth-order valence-electron chi connectivity index (χ4n) is 2.70. The van der Waals surface area contributed by atoms with Gasteiger partial charge in [-0.15, -0.1) is 0 Å². The Bertz CT molecular complexity index is 657. The molecular weight excluding hydrogens is 286 g/mol. The van der Waals surface area contributed by atoms with E-state index in [1.165, 1.54) is 5.56 Å². The summed E-state index contributed by atoms with van der Waals surface area (Å²) in [4.78, 5) is 0. The van der Waals surface area contributed by atoms with Crippen molar-refractivity contribution in [2.75, 3.05) is 13.7 Å². The van der Waals surface area contributed by atoms with Crippen LogP contribution in [0, 0.1) is 0 Å². The monoisotopic (exact) mass is 303 g/mol. The minimum Gasteiger partial charge on any atom is -0.496 e. The summed E-state index contributed by atoms with van der Waals surface area (Å²) in [6.45, 7) is 0.792. The fourth-order valence-corrected chi connectivity index (χ4v) is 2.88. The normalized spacial score (nSPS) is 15.0. The molecule has 0 fully saturated rings. The Labute approximate surface area is 129 Å². The third kappa shape index (κ3) is 2.85. The van der Waals surface area contributed by atoms with Gasteiger partial charge in [0.25, 0.3) is 0 Å². The third-order valence-corrected chi connectivity index (χ3v) is 4.05. The van der Waals surface area contributed by atoms with Crippen molar-refractivity contribution in [2.45, 2.75) is 18.9 Å². The van der Waals surface area contributed by atoms with Crippen LogP contribution in [0.3, 0.4) is 0 Å². The average Bonchev–Trinajstić information content (AvgIpc) is 2.53. The molecule has 3 nitrogen and oxygen atoms in total. The van der Waals surface area contributed by atoms with E-state index >= 15 is 0 Å². The van der Waals surface area contributed by atoms with E-state index < -0.39 is 0 Å². The summed E-state index contributed by atoms with van der Waals surface area (Å²) in [6, 6.07) is 11.4. The second-order valence-electron chi connectivity index (χ2n) is 5.18. The lowest BCUT2D eigenvalue weighted by molar-refractivity contribution is 0.288. The highest BCUT2D eigenvalue weighted by atomic mass is 35.5. The van der Waals surface area contributed by atoms with Crippen LogP contribution in [-0.4, -0.2) is 13.7 Å². The van der Waals surface area contributed by atoms with Crippen LogP contribution in [0.5, 0.6) is 11.5 Å². The van der Waals surface area contributed by atoms with Crippen molar-refractivity contribution >= 4 is 11.6 Å². The van der Waals surface area contributed by atoms with Crippen molar-refractivity contribution in [1.29, 1.82) is 0 Å². The Balaban J connectivity index is 1.98. The number of rotatable bonds is 3. The Morgan fingerprint density at radius 3 is 2.90 bits per heavy atom. The molecular formula is C17H18ClNO2. The van der Waals surface area contributed by atoms with Crippen LogP contribution in [0.25, 0.3) is 0 Å². The number of fused-ring (bicyclic) bond motifs is 1. The molecule has 0 aliphatic carbocycles. The van der Waals surface area contributed by atoms with Crippen molar-refractivity contribution in [2.24, 2.45) is 5.73 Å². The van der Waals surface area contributed by atoms with E-state index in [4.69, 9.17) is 26.8 Å².